The minimum Gasteiger partial charge on any atom is -0.255 e. The lowest BCUT2D eigenvalue weighted by Crippen LogP contribution is -1.89. The molecule has 0 saturated carbocycles. The molecule has 0 spiro atoms. The molecule has 2 heteroatoms. The van der Waals surface area contributed by atoms with Gasteiger partial charge in [-0.15, -0.1) is 0 Å². The normalized spacial score (nSPS) is 13.0. The van der Waals surface area contributed by atoms with Gasteiger partial charge in [-0.2, -0.15) is 0 Å². The SMILES string of the molecule is Cc1cc(C)cc([S@@](C)=O)c1. The van der Waals surface area contributed by atoms with Gasteiger partial charge >= 0.3 is 0 Å². The summed E-state index contributed by atoms with van der Waals surface area (Å²) in [4.78, 5) is 0.919. The summed E-state index contributed by atoms with van der Waals surface area (Å²) in [5.74, 6) is 0. The number of hydrogen-bond acceptors (Lipinski definition) is 1. The molecule has 0 heterocycles. The second-order valence-electron chi connectivity index (χ2n) is 2.78. The van der Waals surface area contributed by atoms with Crippen LogP contribution in [0.4, 0.5) is 0 Å². The average molecular weight is 168 g/mol. The Morgan fingerprint density at radius 2 is 1.55 bits per heavy atom. The molecular formula is C9H12OS. The Labute approximate surface area is 69.9 Å². The second kappa shape index (κ2) is 3.18. The van der Waals surface area contributed by atoms with Crippen molar-refractivity contribution >= 4 is 10.8 Å². The van der Waals surface area contributed by atoms with Crippen LogP contribution in [0.15, 0.2) is 23.1 Å². The average Bonchev–Trinajstić information content (AvgIpc) is 1.85. The summed E-state index contributed by atoms with van der Waals surface area (Å²) in [6.07, 6.45) is 1.70. The van der Waals surface area contributed by atoms with Crippen molar-refractivity contribution in [2.24, 2.45) is 0 Å². The van der Waals surface area contributed by atoms with Gasteiger partial charge in [0.25, 0.3) is 0 Å². The van der Waals surface area contributed by atoms with Crippen LogP contribution < -0.4 is 0 Å². The molecule has 0 bridgehead atoms. The molecule has 1 aromatic carbocycles. The van der Waals surface area contributed by atoms with Gasteiger partial charge in [0.1, 0.15) is 0 Å². The molecular weight excluding hydrogens is 156 g/mol. The van der Waals surface area contributed by atoms with Crippen LogP contribution in [0, 0.1) is 13.8 Å². The predicted octanol–water partition coefficient (Wildman–Crippen LogP) is 2.04. The first-order valence-electron chi connectivity index (χ1n) is 3.51. The summed E-state index contributed by atoms with van der Waals surface area (Å²) >= 11 is 0. The lowest BCUT2D eigenvalue weighted by molar-refractivity contribution is 0.686. The Hall–Kier alpha value is -0.630. The highest BCUT2D eigenvalue weighted by Crippen LogP contribution is 2.11. The van der Waals surface area contributed by atoms with Crippen LogP contribution in [0.5, 0.6) is 0 Å². The Morgan fingerprint density at radius 1 is 1.09 bits per heavy atom. The summed E-state index contributed by atoms with van der Waals surface area (Å²) in [5.41, 5.74) is 2.35. The molecule has 1 aromatic rings. The van der Waals surface area contributed by atoms with Gasteiger partial charge in [-0.05, 0) is 37.1 Å². The van der Waals surface area contributed by atoms with E-state index in [9.17, 15) is 4.21 Å². The van der Waals surface area contributed by atoms with E-state index >= 15 is 0 Å². The van der Waals surface area contributed by atoms with Gasteiger partial charge in [-0.25, -0.2) is 0 Å². The molecule has 0 aliphatic carbocycles. The third-order valence-corrected chi connectivity index (χ3v) is 2.43. The molecule has 1 atom stereocenters. The molecule has 0 N–H and O–H groups in total. The van der Waals surface area contributed by atoms with Crippen molar-refractivity contribution in [3.05, 3.63) is 29.3 Å². The highest BCUT2D eigenvalue weighted by molar-refractivity contribution is 7.84. The zero-order valence-electron chi connectivity index (χ0n) is 7.05. The molecule has 0 fully saturated rings. The first-order valence-corrected chi connectivity index (χ1v) is 5.07. The number of benzene rings is 1. The van der Waals surface area contributed by atoms with Crippen LogP contribution in [-0.4, -0.2) is 10.5 Å². The quantitative estimate of drug-likeness (QED) is 0.627. The fraction of sp³-hybridized carbons (Fsp3) is 0.333. The minimum absolute atomic E-state index is 0.850. The maximum Gasteiger partial charge on any atom is 0.0498 e. The minimum atomic E-state index is -0.850. The molecule has 0 saturated heterocycles. The molecule has 60 valence electrons. The fourth-order valence-electron chi connectivity index (χ4n) is 1.10. The zero-order chi connectivity index (χ0) is 8.43. The van der Waals surface area contributed by atoms with Crippen LogP contribution in [0.2, 0.25) is 0 Å². The second-order valence-corrected chi connectivity index (χ2v) is 4.16. The monoisotopic (exact) mass is 168 g/mol. The lowest BCUT2D eigenvalue weighted by Gasteiger charge is -2.00. The number of aryl methyl sites for hydroxylation is 2. The predicted molar refractivity (Wildman–Crippen MR) is 48.2 cm³/mol. The molecule has 0 radical (unpaired) electrons. The molecule has 1 rings (SSSR count). The topological polar surface area (TPSA) is 17.1 Å². The van der Waals surface area contributed by atoms with Crippen molar-refractivity contribution in [2.75, 3.05) is 6.26 Å². The van der Waals surface area contributed by atoms with Crippen molar-refractivity contribution in [3.63, 3.8) is 0 Å². The van der Waals surface area contributed by atoms with Crippen LogP contribution in [-0.2, 0) is 10.8 Å². The van der Waals surface area contributed by atoms with Crippen molar-refractivity contribution in [2.45, 2.75) is 18.7 Å². The van der Waals surface area contributed by atoms with Gasteiger partial charge in [0.15, 0.2) is 0 Å². The third-order valence-electron chi connectivity index (χ3n) is 1.53. The van der Waals surface area contributed by atoms with E-state index in [2.05, 4.69) is 6.07 Å². The summed E-state index contributed by atoms with van der Waals surface area (Å²) in [6, 6.07) is 6.00. The molecule has 0 aliphatic heterocycles. The number of rotatable bonds is 1. The molecule has 0 amide bonds. The molecule has 0 unspecified atom stereocenters. The van der Waals surface area contributed by atoms with Gasteiger partial charge in [0.2, 0.25) is 0 Å². The van der Waals surface area contributed by atoms with E-state index in [0.29, 0.717) is 0 Å². The van der Waals surface area contributed by atoms with Crippen molar-refractivity contribution in [1.29, 1.82) is 0 Å². The zero-order valence-corrected chi connectivity index (χ0v) is 7.87. The van der Waals surface area contributed by atoms with Crippen LogP contribution in [0.1, 0.15) is 11.1 Å². The van der Waals surface area contributed by atoms with E-state index in [1.165, 1.54) is 11.1 Å². The van der Waals surface area contributed by atoms with Crippen molar-refractivity contribution in [3.8, 4) is 0 Å². The van der Waals surface area contributed by atoms with Crippen molar-refractivity contribution in [1.82, 2.24) is 0 Å². The fourth-order valence-corrected chi connectivity index (χ4v) is 1.80. The molecule has 11 heavy (non-hydrogen) atoms. The van der Waals surface area contributed by atoms with Crippen molar-refractivity contribution < 1.29 is 4.21 Å². The first-order chi connectivity index (χ1) is 5.09. The highest BCUT2D eigenvalue weighted by Gasteiger charge is 1.97. The van der Waals surface area contributed by atoms with Gasteiger partial charge in [-0.1, -0.05) is 6.07 Å². The van der Waals surface area contributed by atoms with E-state index in [1.54, 1.807) is 6.26 Å². The van der Waals surface area contributed by atoms with Gasteiger partial charge in [-0.3, -0.25) is 4.21 Å². The maximum absolute atomic E-state index is 11.1. The maximum atomic E-state index is 11.1. The van der Waals surface area contributed by atoms with Gasteiger partial charge in [0.05, 0.1) is 0 Å². The van der Waals surface area contributed by atoms with Gasteiger partial charge in [0, 0.05) is 22.0 Å². The number of hydrogen-bond donors (Lipinski definition) is 0. The van der Waals surface area contributed by atoms with Crippen LogP contribution >= 0.6 is 0 Å². The van der Waals surface area contributed by atoms with Crippen LogP contribution in [0.3, 0.4) is 0 Å². The summed E-state index contributed by atoms with van der Waals surface area (Å²) in [7, 11) is -0.850. The van der Waals surface area contributed by atoms with E-state index in [1.807, 2.05) is 26.0 Å². The lowest BCUT2D eigenvalue weighted by atomic mass is 10.2. The van der Waals surface area contributed by atoms with Crippen LogP contribution in [0.25, 0.3) is 0 Å². The smallest absolute Gasteiger partial charge is 0.0498 e. The standard InChI is InChI=1S/C9H12OS/c1-7-4-8(2)6-9(5-7)11(3)10/h4-6H,1-3H3/t11-/m1/s1. The first kappa shape index (κ1) is 8.47. The Bertz CT molecular complexity index is 271. The van der Waals surface area contributed by atoms with E-state index < -0.39 is 10.8 Å². The molecule has 1 nitrogen and oxygen atoms in total. The molecule has 0 aliphatic rings. The molecule has 0 aromatic heterocycles. The van der Waals surface area contributed by atoms with E-state index in [0.717, 1.165) is 4.90 Å². The summed E-state index contributed by atoms with van der Waals surface area (Å²) in [5, 5.41) is 0. The van der Waals surface area contributed by atoms with E-state index in [-0.39, 0.29) is 0 Å². The summed E-state index contributed by atoms with van der Waals surface area (Å²) in [6.45, 7) is 4.03. The third kappa shape index (κ3) is 2.15. The highest BCUT2D eigenvalue weighted by atomic mass is 32.2. The van der Waals surface area contributed by atoms with E-state index in [4.69, 9.17) is 0 Å². The Kier molecular flexibility index (Phi) is 2.45. The summed E-state index contributed by atoms with van der Waals surface area (Å²) < 4.78 is 11.1. The Balaban J connectivity index is 3.19. The Morgan fingerprint density at radius 3 is 1.91 bits per heavy atom. The van der Waals surface area contributed by atoms with Gasteiger partial charge < -0.3 is 0 Å². The largest absolute Gasteiger partial charge is 0.255 e.